The lowest BCUT2D eigenvalue weighted by atomic mass is 9.96. The van der Waals surface area contributed by atoms with Crippen molar-refractivity contribution in [1.29, 1.82) is 0 Å². The van der Waals surface area contributed by atoms with Crippen molar-refractivity contribution in [3.63, 3.8) is 0 Å². The first kappa shape index (κ1) is 21.8. The van der Waals surface area contributed by atoms with E-state index in [2.05, 4.69) is 15.3 Å². The van der Waals surface area contributed by atoms with Gasteiger partial charge in [-0.3, -0.25) is 4.98 Å². The van der Waals surface area contributed by atoms with E-state index < -0.39 is 35.5 Å². The maximum absolute atomic E-state index is 13.6. The summed E-state index contributed by atoms with van der Waals surface area (Å²) in [5.41, 5.74) is -1.52. The molecular formula is C22H17F5N4O. The number of rotatable bonds is 5. The molecule has 4 aromatic rings. The maximum atomic E-state index is 13.6. The lowest BCUT2D eigenvalue weighted by Gasteiger charge is -2.26. The number of nitrogens with zero attached hydrogens (tertiary/aromatic N) is 4. The average molecular weight is 448 g/mol. The van der Waals surface area contributed by atoms with Crippen LogP contribution in [0.5, 0.6) is 0 Å². The van der Waals surface area contributed by atoms with Crippen LogP contribution in [-0.2, 0) is 12.1 Å². The fourth-order valence-corrected chi connectivity index (χ4v) is 3.53. The third kappa shape index (κ3) is 3.93. The van der Waals surface area contributed by atoms with Crippen molar-refractivity contribution in [2.24, 2.45) is 0 Å². The molecule has 32 heavy (non-hydrogen) atoms. The topological polar surface area (TPSA) is 63.8 Å². The predicted molar refractivity (Wildman–Crippen MR) is 106 cm³/mol. The number of aliphatic hydroxyl groups is 1. The zero-order valence-electron chi connectivity index (χ0n) is 16.7. The van der Waals surface area contributed by atoms with Gasteiger partial charge in [-0.05, 0) is 47.4 Å². The molecule has 1 atom stereocenters. The van der Waals surface area contributed by atoms with Gasteiger partial charge in [-0.2, -0.15) is 13.2 Å². The molecule has 0 saturated heterocycles. The average Bonchev–Trinajstić information content (AvgIpc) is 3.20. The number of fused-ring (bicyclic) bond motifs is 1. The van der Waals surface area contributed by atoms with Crippen molar-refractivity contribution in [3.8, 4) is 11.1 Å². The second-order valence-electron chi connectivity index (χ2n) is 7.38. The van der Waals surface area contributed by atoms with E-state index in [0.29, 0.717) is 27.6 Å². The van der Waals surface area contributed by atoms with Gasteiger partial charge in [0.25, 0.3) is 0 Å². The molecule has 166 valence electrons. The Balaban J connectivity index is 1.66. The minimum absolute atomic E-state index is 0.0844. The van der Waals surface area contributed by atoms with E-state index in [0.717, 1.165) is 12.3 Å². The third-order valence-electron chi connectivity index (χ3n) is 5.27. The minimum atomic E-state index is -4.89. The van der Waals surface area contributed by atoms with Gasteiger partial charge in [0, 0.05) is 17.6 Å². The zero-order valence-corrected chi connectivity index (χ0v) is 16.7. The molecule has 5 nitrogen and oxygen atoms in total. The molecule has 0 aliphatic rings. The van der Waals surface area contributed by atoms with Crippen LogP contribution in [-0.4, -0.2) is 31.3 Å². The van der Waals surface area contributed by atoms with E-state index in [9.17, 15) is 27.1 Å². The summed E-state index contributed by atoms with van der Waals surface area (Å²) in [4.78, 5) is 4.28. The molecule has 0 bridgehead atoms. The van der Waals surface area contributed by atoms with Crippen LogP contribution in [0.4, 0.5) is 22.0 Å². The fourth-order valence-electron chi connectivity index (χ4n) is 3.53. The Morgan fingerprint density at radius 2 is 1.72 bits per heavy atom. The zero-order chi connectivity index (χ0) is 23.1. The molecule has 4 rings (SSSR count). The SMILES string of the molecule is CCC(O)(c1cn(Cc2ccc3c(-c4cc(F)cc(F)c4)ccnc3c2)nn1)C(F)(F)F. The van der Waals surface area contributed by atoms with E-state index in [-0.39, 0.29) is 6.54 Å². The van der Waals surface area contributed by atoms with Crippen molar-refractivity contribution in [3.05, 3.63) is 77.8 Å². The Morgan fingerprint density at radius 3 is 2.38 bits per heavy atom. The summed E-state index contributed by atoms with van der Waals surface area (Å²) in [6, 6.07) is 9.99. The van der Waals surface area contributed by atoms with Crippen LogP contribution in [0.1, 0.15) is 24.6 Å². The van der Waals surface area contributed by atoms with Gasteiger partial charge in [0.2, 0.25) is 5.60 Å². The number of pyridine rings is 1. The molecule has 2 heterocycles. The molecule has 0 amide bonds. The molecule has 2 aromatic carbocycles. The van der Waals surface area contributed by atoms with Crippen LogP contribution < -0.4 is 0 Å². The summed E-state index contributed by atoms with van der Waals surface area (Å²) in [6.07, 6.45) is -2.93. The van der Waals surface area contributed by atoms with Gasteiger partial charge in [0.05, 0.1) is 18.3 Å². The number of alkyl halides is 3. The van der Waals surface area contributed by atoms with Gasteiger partial charge in [-0.25, -0.2) is 13.5 Å². The van der Waals surface area contributed by atoms with Gasteiger partial charge in [-0.1, -0.05) is 24.3 Å². The summed E-state index contributed by atoms with van der Waals surface area (Å²) in [7, 11) is 0. The highest BCUT2D eigenvalue weighted by Gasteiger charge is 2.55. The van der Waals surface area contributed by atoms with Crippen LogP contribution in [0, 0.1) is 11.6 Å². The smallest absolute Gasteiger partial charge is 0.375 e. The summed E-state index contributed by atoms with van der Waals surface area (Å²) in [6.45, 7) is 1.30. The lowest BCUT2D eigenvalue weighted by molar-refractivity contribution is -0.269. The molecular weight excluding hydrogens is 431 g/mol. The first-order chi connectivity index (χ1) is 15.1. The Morgan fingerprint density at radius 1 is 1.00 bits per heavy atom. The van der Waals surface area contributed by atoms with Gasteiger partial charge in [0.1, 0.15) is 17.3 Å². The van der Waals surface area contributed by atoms with Crippen molar-refractivity contribution in [2.45, 2.75) is 31.7 Å². The standard InChI is InChI=1S/C22H17F5N4O/c1-2-21(32,22(25,26)27)20-12-31(30-29-20)11-13-3-4-18-17(5-6-28-19(18)7-13)14-8-15(23)10-16(24)9-14/h3-10,12,32H,2,11H2,1H3. The van der Waals surface area contributed by atoms with E-state index in [4.69, 9.17) is 0 Å². The number of hydrogen-bond acceptors (Lipinski definition) is 4. The van der Waals surface area contributed by atoms with Crippen molar-refractivity contribution >= 4 is 10.9 Å². The highest BCUT2D eigenvalue weighted by Crippen LogP contribution is 2.40. The Labute approximate surface area is 179 Å². The molecule has 0 saturated carbocycles. The van der Waals surface area contributed by atoms with E-state index in [1.807, 2.05) is 0 Å². The van der Waals surface area contributed by atoms with Crippen LogP contribution in [0.15, 0.2) is 54.9 Å². The normalized spacial score (nSPS) is 14.0. The number of aromatic nitrogens is 4. The second kappa shape index (κ2) is 7.94. The number of benzene rings is 2. The molecule has 1 unspecified atom stereocenters. The van der Waals surface area contributed by atoms with Gasteiger partial charge >= 0.3 is 6.18 Å². The van der Waals surface area contributed by atoms with E-state index >= 15 is 0 Å². The van der Waals surface area contributed by atoms with Crippen molar-refractivity contribution in [2.75, 3.05) is 0 Å². The van der Waals surface area contributed by atoms with Crippen molar-refractivity contribution in [1.82, 2.24) is 20.0 Å². The quantitative estimate of drug-likeness (QED) is 0.438. The highest BCUT2D eigenvalue weighted by molar-refractivity contribution is 5.94. The summed E-state index contributed by atoms with van der Waals surface area (Å²) in [5, 5.41) is 17.9. The van der Waals surface area contributed by atoms with Crippen LogP contribution >= 0.6 is 0 Å². The summed E-state index contributed by atoms with van der Waals surface area (Å²) >= 11 is 0. The Bertz CT molecular complexity index is 1270. The highest BCUT2D eigenvalue weighted by atomic mass is 19.4. The fraction of sp³-hybridized carbons (Fsp3) is 0.227. The molecule has 0 aliphatic carbocycles. The van der Waals surface area contributed by atoms with Crippen molar-refractivity contribution < 1.29 is 27.1 Å². The first-order valence-corrected chi connectivity index (χ1v) is 9.64. The monoisotopic (exact) mass is 448 g/mol. The lowest BCUT2D eigenvalue weighted by Crippen LogP contribution is -2.42. The minimum Gasteiger partial charge on any atom is -0.375 e. The largest absolute Gasteiger partial charge is 0.423 e. The third-order valence-corrected chi connectivity index (χ3v) is 5.27. The second-order valence-corrected chi connectivity index (χ2v) is 7.38. The number of halogens is 5. The summed E-state index contributed by atoms with van der Waals surface area (Å²) < 4.78 is 68.2. The van der Waals surface area contributed by atoms with Gasteiger partial charge < -0.3 is 5.11 Å². The predicted octanol–water partition coefficient (Wildman–Crippen LogP) is 4.98. The number of hydrogen-bond donors (Lipinski definition) is 1. The molecule has 0 aliphatic heterocycles. The van der Waals surface area contributed by atoms with Crippen LogP contribution in [0.3, 0.4) is 0 Å². The van der Waals surface area contributed by atoms with E-state index in [1.165, 1.54) is 29.9 Å². The molecule has 0 spiro atoms. The van der Waals surface area contributed by atoms with Gasteiger partial charge in [-0.15, -0.1) is 5.10 Å². The molecule has 0 radical (unpaired) electrons. The van der Waals surface area contributed by atoms with Crippen LogP contribution in [0.25, 0.3) is 22.0 Å². The molecule has 0 fully saturated rings. The van der Waals surface area contributed by atoms with E-state index in [1.54, 1.807) is 24.3 Å². The van der Waals surface area contributed by atoms with Crippen LogP contribution in [0.2, 0.25) is 0 Å². The summed E-state index contributed by atoms with van der Waals surface area (Å²) in [5.74, 6) is -1.40. The molecule has 2 aromatic heterocycles. The first-order valence-electron chi connectivity index (χ1n) is 9.64. The Kier molecular flexibility index (Phi) is 5.41. The Hall–Kier alpha value is -3.40. The van der Waals surface area contributed by atoms with Gasteiger partial charge in [0.15, 0.2) is 0 Å². The maximum Gasteiger partial charge on any atom is 0.423 e. The molecule has 1 N–H and O–H groups in total. The molecule has 10 heteroatoms.